The van der Waals surface area contributed by atoms with E-state index in [4.69, 9.17) is 9.47 Å². The Kier molecular flexibility index (Phi) is 3.21. The fourth-order valence-electron chi connectivity index (χ4n) is 2.28. The highest BCUT2D eigenvalue weighted by atomic mass is 16.6. The topological polar surface area (TPSA) is 68.0 Å². The van der Waals surface area contributed by atoms with Gasteiger partial charge in [0.25, 0.3) is 0 Å². The fraction of sp³-hybridized carbons (Fsp3) is 0.267. The van der Waals surface area contributed by atoms with Crippen LogP contribution in [0.2, 0.25) is 0 Å². The summed E-state index contributed by atoms with van der Waals surface area (Å²) < 4.78 is 11.1. The minimum atomic E-state index is -0.459. The normalized spacial score (nSPS) is 14.4. The molecule has 1 unspecified atom stereocenters. The summed E-state index contributed by atoms with van der Waals surface area (Å²) in [5, 5.41) is 17.3. The molecule has 3 rings (SSSR count). The standard InChI is InChI=1S/C15H13N3O2/c1-10-7-14-15(20-6-5-19-14)8-11(10)12(9-16)13-3-2-4-17-18-13/h2-4,7-8,12H,5-6H2,1H3. The van der Waals surface area contributed by atoms with Crippen LogP contribution in [0.4, 0.5) is 0 Å². The van der Waals surface area contributed by atoms with Crippen molar-refractivity contribution in [2.24, 2.45) is 0 Å². The lowest BCUT2D eigenvalue weighted by molar-refractivity contribution is 0.171. The summed E-state index contributed by atoms with van der Waals surface area (Å²) in [5.41, 5.74) is 2.48. The van der Waals surface area contributed by atoms with Crippen LogP contribution in [0, 0.1) is 18.3 Å². The molecule has 20 heavy (non-hydrogen) atoms. The van der Waals surface area contributed by atoms with E-state index in [1.807, 2.05) is 19.1 Å². The van der Waals surface area contributed by atoms with Gasteiger partial charge in [0.1, 0.15) is 19.1 Å². The number of fused-ring (bicyclic) bond motifs is 1. The smallest absolute Gasteiger partial charge is 0.161 e. The predicted octanol–water partition coefficient (Wildman–Crippen LogP) is 2.21. The third-order valence-corrected chi connectivity index (χ3v) is 3.26. The van der Waals surface area contributed by atoms with Crippen molar-refractivity contribution in [1.29, 1.82) is 5.26 Å². The maximum absolute atomic E-state index is 9.47. The van der Waals surface area contributed by atoms with Gasteiger partial charge in [0.2, 0.25) is 0 Å². The summed E-state index contributed by atoms with van der Waals surface area (Å²) in [4.78, 5) is 0. The first-order valence-electron chi connectivity index (χ1n) is 6.37. The Hall–Kier alpha value is -2.61. The first-order valence-corrected chi connectivity index (χ1v) is 6.37. The van der Waals surface area contributed by atoms with Crippen molar-refractivity contribution >= 4 is 0 Å². The highest BCUT2D eigenvalue weighted by molar-refractivity contribution is 5.51. The van der Waals surface area contributed by atoms with Gasteiger partial charge in [-0.05, 0) is 42.3 Å². The Labute approximate surface area is 116 Å². The van der Waals surface area contributed by atoms with Gasteiger partial charge in [0.05, 0.1) is 11.8 Å². The van der Waals surface area contributed by atoms with E-state index in [1.54, 1.807) is 18.3 Å². The van der Waals surface area contributed by atoms with E-state index in [-0.39, 0.29) is 0 Å². The third kappa shape index (κ3) is 2.16. The van der Waals surface area contributed by atoms with Gasteiger partial charge in [-0.15, -0.1) is 0 Å². The van der Waals surface area contributed by atoms with Gasteiger partial charge in [0, 0.05) is 6.20 Å². The van der Waals surface area contributed by atoms with Crippen molar-refractivity contribution in [2.45, 2.75) is 12.8 Å². The Morgan fingerprint density at radius 2 is 2.00 bits per heavy atom. The van der Waals surface area contributed by atoms with Crippen LogP contribution in [0.25, 0.3) is 0 Å². The molecule has 0 N–H and O–H groups in total. The van der Waals surface area contributed by atoms with Crippen LogP contribution in [0.3, 0.4) is 0 Å². The average Bonchev–Trinajstić information content (AvgIpc) is 2.49. The zero-order valence-electron chi connectivity index (χ0n) is 11.0. The van der Waals surface area contributed by atoms with Crippen molar-refractivity contribution in [1.82, 2.24) is 10.2 Å². The largest absolute Gasteiger partial charge is 0.486 e. The summed E-state index contributed by atoms with van der Waals surface area (Å²) in [6.07, 6.45) is 1.59. The maximum atomic E-state index is 9.47. The van der Waals surface area contributed by atoms with Crippen LogP contribution >= 0.6 is 0 Å². The number of benzene rings is 1. The highest BCUT2D eigenvalue weighted by Gasteiger charge is 2.21. The maximum Gasteiger partial charge on any atom is 0.161 e. The molecule has 1 aromatic carbocycles. The molecule has 0 radical (unpaired) electrons. The first-order chi connectivity index (χ1) is 9.79. The number of hydrogen-bond donors (Lipinski definition) is 0. The molecule has 100 valence electrons. The van der Waals surface area contributed by atoms with Gasteiger partial charge in [-0.1, -0.05) is 0 Å². The van der Waals surface area contributed by atoms with Crippen molar-refractivity contribution in [3.05, 3.63) is 47.3 Å². The Morgan fingerprint density at radius 1 is 1.25 bits per heavy atom. The molecule has 0 saturated carbocycles. The summed E-state index contributed by atoms with van der Waals surface area (Å²) in [6.45, 7) is 3.03. The van der Waals surface area contributed by atoms with Crippen molar-refractivity contribution in [2.75, 3.05) is 13.2 Å². The van der Waals surface area contributed by atoms with Crippen LogP contribution in [-0.4, -0.2) is 23.4 Å². The third-order valence-electron chi connectivity index (χ3n) is 3.26. The summed E-state index contributed by atoms with van der Waals surface area (Å²) >= 11 is 0. The Bertz CT molecular complexity index is 665. The van der Waals surface area contributed by atoms with Crippen LogP contribution in [-0.2, 0) is 0 Å². The summed E-state index contributed by atoms with van der Waals surface area (Å²) in [6, 6.07) is 9.64. The Morgan fingerprint density at radius 3 is 2.65 bits per heavy atom. The van der Waals surface area contributed by atoms with E-state index < -0.39 is 5.92 Å². The van der Waals surface area contributed by atoms with E-state index in [1.165, 1.54) is 0 Å². The summed E-state index contributed by atoms with van der Waals surface area (Å²) in [5.74, 6) is 0.953. The second-order valence-corrected chi connectivity index (χ2v) is 4.56. The molecule has 0 aliphatic carbocycles. The molecule has 1 aliphatic heterocycles. The minimum absolute atomic E-state index is 0.459. The lowest BCUT2D eigenvalue weighted by atomic mass is 9.92. The van der Waals surface area contributed by atoms with E-state index in [0.29, 0.717) is 24.7 Å². The molecule has 0 bridgehead atoms. The predicted molar refractivity (Wildman–Crippen MR) is 71.7 cm³/mol. The highest BCUT2D eigenvalue weighted by Crippen LogP contribution is 2.36. The fourth-order valence-corrected chi connectivity index (χ4v) is 2.28. The number of aryl methyl sites for hydroxylation is 1. The van der Waals surface area contributed by atoms with Crippen LogP contribution in [0.1, 0.15) is 22.7 Å². The molecule has 5 nitrogen and oxygen atoms in total. The number of nitrogens with zero attached hydrogens (tertiary/aromatic N) is 3. The van der Waals surface area contributed by atoms with Gasteiger partial charge in [0.15, 0.2) is 11.5 Å². The van der Waals surface area contributed by atoms with Crippen molar-refractivity contribution in [3.8, 4) is 17.6 Å². The van der Waals surface area contributed by atoms with E-state index in [0.717, 1.165) is 16.9 Å². The zero-order valence-corrected chi connectivity index (χ0v) is 11.0. The summed E-state index contributed by atoms with van der Waals surface area (Å²) in [7, 11) is 0. The van der Waals surface area contributed by atoms with Crippen LogP contribution in [0.5, 0.6) is 11.5 Å². The molecule has 1 aliphatic rings. The molecular formula is C15H13N3O2. The molecule has 1 aromatic heterocycles. The molecule has 5 heteroatoms. The molecule has 0 spiro atoms. The molecular weight excluding hydrogens is 254 g/mol. The minimum Gasteiger partial charge on any atom is -0.486 e. The van der Waals surface area contributed by atoms with Gasteiger partial charge in [-0.2, -0.15) is 15.5 Å². The number of rotatable bonds is 2. The lowest BCUT2D eigenvalue weighted by Gasteiger charge is -2.21. The quantitative estimate of drug-likeness (QED) is 0.834. The molecule has 0 amide bonds. The van der Waals surface area contributed by atoms with Crippen molar-refractivity contribution in [3.63, 3.8) is 0 Å². The zero-order chi connectivity index (χ0) is 13.9. The molecule has 1 atom stereocenters. The number of ether oxygens (including phenoxy) is 2. The monoisotopic (exact) mass is 267 g/mol. The number of aromatic nitrogens is 2. The van der Waals surface area contributed by atoms with Crippen molar-refractivity contribution < 1.29 is 9.47 Å². The van der Waals surface area contributed by atoms with Crippen LogP contribution in [0.15, 0.2) is 30.5 Å². The Balaban J connectivity index is 2.07. The van der Waals surface area contributed by atoms with E-state index in [2.05, 4.69) is 16.3 Å². The first kappa shape index (κ1) is 12.4. The van der Waals surface area contributed by atoms with Gasteiger partial charge < -0.3 is 9.47 Å². The molecule has 2 aromatic rings. The van der Waals surface area contributed by atoms with Gasteiger partial charge >= 0.3 is 0 Å². The van der Waals surface area contributed by atoms with Gasteiger partial charge in [-0.3, -0.25) is 0 Å². The molecule has 0 saturated heterocycles. The SMILES string of the molecule is Cc1cc2c(cc1C(C#N)c1cccnn1)OCCO2. The molecule has 2 heterocycles. The van der Waals surface area contributed by atoms with E-state index in [9.17, 15) is 5.26 Å². The average molecular weight is 267 g/mol. The second-order valence-electron chi connectivity index (χ2n) is 4.56. The van der Waals surface area contributed by atoms with Crippen LogP contribution < -0.4 is 9.47 Å². The molecule has 0 fully saturated rings. The van der Waals surface area contributed by atoms with E-state index >= 15 is 0 Å². The second kappa shape index (κ2) is 5.17. The number of nitriles is 1. The number of hydrogen-bond acceptors (Lipinski definition) is 5. The van der Waals surface area contributed by atoms with Gasteiger partial charge in [-0.25, -0.2) is 0 Å². The lowest BCUT2D eigenvalue weighted by Crippen LogP contribution is -2.16.